The van der Waals surface area contributed by atoms with Gasteiger partial charge < -0.3 is 11.1 Å². The first-order valence-electron chi connectivity index (χ1n) is 5.77. The molecule has 1 aromatic rings. The number of para-hydroxylation sites is 1. The number of amides is 1. The maximum Gasteiger partial charge on any atom is 0.230 e. The van der Waals surface area contributed by atoms with Gasteiger partial charge in [0.15, 0.2) is 0 Å². The second-order valence-electron chi connectivity index (χ2n) is 4.43. The molecule has 0 saturated carbocycles. The fourth-order valence-electron chi connectivity index (χ4n) is 1.22. The molecule has 1 unspecified atom stereocenters. The number of nitrogens with one attached hydrogen (secondary N) is 1. The highest BCUT2D eigenvalue weighted by atomic mass is 32.2. The molecule has 0 aliphatic rings. The highest BCUT2D eigenvalue weighted by Gasteiger charge is 2.11. The van der Waals surface area contributed by atoms with Gasteiger partial charge in [0.05, 0.1) is 5.75 Å². The molecule has 0 bridgehead atoms. The fraction of sp³-hybridized carbons (Fsp3) is 0.462. The summed E-state index contributed by atoms with van der Waals surface area (Å²) < 4.78 is 0. The van der Waals surface area contributed by atoms with Crippen LogP contribution in [0, 0.1) is 5.92 Å². The van der Waals surface area contributed by atoms with E-state index in [2.05, 4.69) is 19.2 Å². The van der Waals surface area contributed by atoms with E-state index < -0.39 is 0 Å². The Morgan fingerprint density at radius 3 is 2.59 bits per heavy atom. The van der Waals surface area contributed by atoms with Crippen molar-refractivity contribution in [3.05, 3.63) is 24.3 Å². The van der Waals surface area contributed by atoms with E-state index in [1.165, 1.54) is 11.8 Å². The average molecular weight is 252 g/mol. The molecule has 4 heteroatoms. The van der Waals surface area contributed by atoms with Crippen molar-refractivity contribution >= 4 is 23.4 Å². The number of thioether (sulfide) groups is 1. The topological polar surface area (TPSA) is 55.1 Å². The molecule has 0 radical (unpaired) electrons. The lowest BCUT2D eigenvalue weighted by molar-refractivity contribution is -0.119. The number of hydrogen-bond acceptors (Lipinski definition) is 3. The Morgan fingerprint density at radius 2 is 2.00 bits per heavy atom. The average Bonchev–Trinajstić information content (AvgIpc) is 2.27. The monoisotopic (exact) mass is 252 g/mol. The third-order valence-corrected chi connectivity index (χ3v) is 3.76. The molecule has 0 heterocycles. The van der Waals surface area contributed by atoms with Crippen LogP contribution >= 0.6 is 11.8 Å². The largest absolute Gasteiger partial charge is 0.398 e. The van der Waals surface area contributed by atoms with Gasteiger partial charge in [-0.05, 0) is 25.0 Å². The van der Waals surface area contributed by atoms with E-state index in [0.29, 0.717) is 11.7 Å². The van der Waals surface area contributed by atoms with Crippen LogP contribution in [0.3, 0.4) is 0 Å². The Kier molecular flexibility index (Phi) is 5.35. The molecule has 0 aliphatic carbocycles. The molecule has 0 aromatic heterocycles. The Morgan fingerprint density at radius 1 is 1.35 bits per heavy atom. The predicted octanol–water partition coefficient (Wildman–Crippen LogP) is 2.52. The number of carbonyl (C=O) groups is 1. The molecule has 1 atom stereocenters. The van der Waals surface area contributed by atoms with Gasteiger partial charge in [-0.2, -0.15) is 0 Å². The number of rotatable bonds is 5. The van der Waals surface area contributed by atoms with Crippen LogP contribution in [0.2, 0.25) is 0 Å². The maximum atomic E-state index is 11.7. The van der Waals surface area contributed by atoms with Crippen LogP contribution < -0.4 is 11.1 Å². The number of benzene rings is 1. The summed E-state index contributed by atoms with van der Waals surface area (Å²) in [4.78, 5) is 12.6. The normalized spacial score (nSPS) is 12.5. The number of nitrogens with two attached hydrogens (primary N) is 1. The number of anilines is 1. The minimum absolute atomic E-state index is 0.0550. The van der Waals surface area contributed by atoms with Gasteiger partial charge >= 0.3 is 0 Å². The standard InChI is InChI=1S/C13H20N2OS/c1-9(2)10(3)15-13(16)8-17-12-7-5-4-6-11(12)14/h4-7,9-10H,8,14H2,1-3H3,(H,15,16). The Hall–Kier alpha value is -1.16. The second kappa shape index (κ2) is 6.55. The van der Waals surface area contributed by atoms with Crippen LogP contribution in [0.5, 0.6) is 0 Å². The lowest BCUT2D eigenvalue weighted by Gasteiger charge is -2.17. The molecule has 17 heavy (non-hydrogen) atoms. The van der Waals surface area contributed by atoms with Crippen LogP contribution in [-0.4, -0.2) is 17.7 Å². The quantitative estimate of drug-likeness (QED) is 0.625. The molecular weight excluding hydrogens is 232 g/mol. The lowest BCUT2D eigenvalue weighted by atomic mass is 10.1. The molecule has 94 valence electrons. The van der Waals surface area contributed by atoms with Crippen molar-refractivity contribution in [2.75, 3.05) is 11.5 Å². The van der Waals surface area contributed by atoms with E-state index in [4.69, 9.17) is 5.73 Å². The molecular formula is C13H20N2OS. The zero-order valence-corrected chi connectivity index (χ0v) is 11.4. The zero-order chi connectivity index (χ0) is 12.8. The molecule has 3 nitrogen and oxygen atoms in total. The first kappa shape index (κ1) is 13.9. The van der Waals surface area contributed by atoms with Gasteiger partial charge in [-0.25, -0.2) is 0 Å². The smallest absolute Gasteiger partial charge is 0.230 e. The van der Waals surface area contributed by atoms with Crippen molar-refractivity contribution in [1.29, 1.82) is 0 Å². The molecule has 3 N–H and O–H groups in total. The van der Waals surface area contributed by atoms with E-state index in [1.54, 1.807) is 0 Å². The van der Waals surface area contributed by atoms with E-state index in [0.717, 1.165) is 10.6 Å². The molecule has 0 saturated heterocycles. The van der Waals surface area contributed by atoms with E-state index in [-0.39, 0.29) is 11.9 Å². The number of carbonyl (C=O) groups excluding carboxylic acids is 1. The summed E-state index contributed by atoms with van der Waals surface area (Å²) in [6, 6.07) is 7.79. The minimum atomic E-state index is 0.0550. The Labute approximate surface area is 107 Å². The van der Waals surface area contributed by atoms with Crippen molar-refractivity contribution in [1.82, 2.24) is 5.32 Å². The summed E-state index contributed by atoms with van der Waals surface area (Å²) in [6.07, 6.45) is 0. The molecule has 0 spiro atoms. The Bertz CT molecular complexity index is 379. The Balaban J connectivity index is 2.41. The molecule has 1 rings (SSSR count). The van der Waals surface area contributed by atoms with Crippen LogP contribution in [0.25, 0.3) is 0 Å². The summed E-state index contributed by atoms with van der Waals surface area (Å²) in [7, 11) is 0. The van der Waals surface area contributed by atoms with Crippen molar-refractivity contribution in [2.45, 2.75) is 31.7 Å². The maximum absolute atomic E-state index is 11.7. The van der Waals surface area contributed by atoms with Crippen molar-refractivity contribution in [3.63, 3.8) is 0 Å². The van der Waals surface area contributed by atoms with Gasteiger partial charge in [0.2, 0.25) is 5.91 Å². The van der Waals surface area contributed by atoms with Gasteiger partial charge in [-0.15, -0.1) is 11.8 Å². The van der Waals surface area contributed by atoms with Crippen molar-refractivity contribution in [3.8, 4) is 0 Å². The van der Waals surface area contributed by atoms with Gasteiger partial charge in [-0.3, -0.25) is 4.79 Å². The molecule has 0 fully saturated rings. The van der Waals surface area contributed by atoms with Gasteiger partial charge in [-0.1, -0.05) is 26.0 Å². The summed E-state index contributed by atoms with van der Waals surface area (Å²) >= 11 is 1.47. The third-order valence-electron chi connectivity index (χ3n) is 2.67. The minimum Gasteiger partial charge on any atom is -0.398 e. The summed E-state index contributed by atoms with van der Waals surface area (Å²) in [6.45, 7) is 6.20. The van der Waals surface area contributed by atoms with Gasteiger partial charge in [0.1, 0.15) is 0 Å². The molecule has 1 aromatic carbocycles. The first-order valence-corrected chi connectivity index (χ1v) is 6.76. The van der Waals surface area contributed by atoms with E-state index in [1.807, 2.05) is 31.2 Å². The van der Waals surface area contributed by atoms with E-state index >= 15 is 0 Å². The lowest BCUT2D eigenvalue weighted by Crippen LogP contribution is -2.37. The summed E-state index contributed by atoms with van der Waals surface area (Å²) in [5.41, 5.74) is 6.53. The van der Waals surface area contributed by atoms with Gasteiger partial charge in [0, 0.05) is 16.6 Å². The van der Waals surface area contributed by atoms with Crippen LogP contribution in [0.1, 0.15) is 20.8 Å². The summed E-state index contributed by atoms with van der Waals surface area (Å²) in [5.74, 6) is 0.913. The van der Waals surface area contributed by atoms with Crippen LogP contribution in [0.15, 0.2) is 29.2 Å². The SMILES string of the molecule is CC(C)C(C)NC(=O)CSc1ccccc1N. The number of hydrogen-bond donors (Lipinski definition) is 2. The predicted molar refractivity (Wildman–Crippen MR) is 74.0 cm³/mol. The highest BCUT2D eigenvalue weighted by molar-refractivity contribution is 8.00. The zero-order valence-electron chi connectivity index (χ0n) is 10.6. The summed E-state index contributed by atoms with van der Waals surface area (Å²) in [5, 5.41) is 2.97. The first-order chi connectivity index (χ1) is 8.00. The van der Waals surface area contributed by atoms with Crippen molar-refractivity contribution < 1.29 is 4.79 Å². The van der Waals surface area contributed by atoms with Gasteiger partial charge in [0.25, 0.3) is 0 Å². The second-order valence-corrected chi connectivity index (χ2v) is 5.44. The van der Waals surface area contributed by atoms with Crippen LogP contribution in [-0.2, 0) is 4.79 Å². The van der Waals surface area contributed by atoms with Crippen LogP contribution in [0.4, 0.5) is 5.69 Å². The van der Waals surface area contributed by atoms with E-state index in [9.17, 15) is 4.79 Å². The molecule has 1 amide bonds. The third kappa shape index (κ3) is 4.69. The van der Waals surface area contributed by atoms with Crippen molar-refractivity contribution in [2.24, 2.45) is 5.92 Å². The fourth-order valence-corrected chi connectivity index (χ4v) is 2.00. The molecule has 0 aliphatic heterocycles. The highest BCUT2D eigenvalue weighted by Crippen LogP contribution is 2.23. The number of nitrogen functional groups attached to an aromatic ring is 1.